The van der Waals surface area contributed by atoms with Crippen LogP contribution in [0.1, 0.15) is 22.5 Å². The molecule has 4 heterocycles. The van der Waals surface area contributed by atoms with E-state index in [1.807, 2.05) is 73.1 Å². The zero-order chi connectivity index (χ0) is 21.6. The van der Waals surface area contributed by atoms with Gasteiger partial charge in [-0.1, -0.05) is 12.1 Å². The summed E-state index contributed by atoms with van der Waals surface area (Å²) in [6.45, 7) is 4.10. The van der Waals surface area contributed by atoms with E-state index in [0.717, 1.165) is 45.3 Å². The lowest BCUT2D eigenvalue weighted by molar-refractivity contribution is 0.645. The van der Waals surface area contributed by atoms with Crippen molar-refractivity contribution < 1.29 is 0 Å². The molecule has 0 atom stereocenters. The van der Waals surface area contributed by atoms with Gasteiger partial charge in [0.25, 0.3) is 0 Å². The van der Waals surface area contributed by atoms with Crippen molar-refractivity contribution in [2.24, 2.45) is 5.92 Å². The van der Waals surface area contributed by atoms with Crippen molar-refractivity contribution in [3.05, 3.63) is 95.6 Å². The molecule has 0 aliphatic carbocycles. The second-order valence-corrected chi connectivity index (χ2v) is 7.74. The Morgan fingerprint density at radius 1 is 0.710 bits per heavy atom. The van der Waals surface area contributed by atoms with Crippen LogP contribution in [0.5, 0.6) is 0 Å². The molecular weight excluding hydrogens is 380 g/mol. The molecule has 0 spiro atoms. The summed E-state index contributed by atoms with van der Waals surface area (Å²) >= 11 is 0. The molecule has 0 fully saturated rings. The highest BCUT2D eigenvalue weighted by Gasteiger charge is 2.12. The first-order chi connectivity index (χ1) is 15.1. The molecule has 152 valence electrons. The van der Waals surface area contributed by atoms with Crippen molar-refractivity contribution in [1.29, 1.82) is 0 Å². The first kappa shape index (κ1) is 20.4. The average Bonchev–Trinajstić information content (AvgIpc) is 2.79. The Hall–Kier alpha value is -3.84. The summed E-state index contributed by atoms with van der Waals surface area (Å²) in [5.74, 6) is 2.93. The number of rotatable bonds is 6. The molecule has 0 aliphatic rings. The SMILES string of the molecule is C#CC(Cc1cccc(-c2cc(C)ccn2)n1)Cc1cccc(-c2cc(C)ccn2)n1. The van der Waals surface area contributed by atoms with Gasteiger partial charge < -0.3 is 0 Å². The van der Waals surface area contributed by atoms with Crippen LogP contribution in [0.25, 0.3) is 22.8 Å². The predicted octanol–water partition coefficient (Wildman–Crippen LogP) is 5.25. The molecule has 4 nitrogen and oxygen atoms in total. The van der Waals surface area contributed by atoms with Gasteiger partial charge in [-0.25, -0.2) is 0 Å². The van der Waals surface area contributed by atoms with Gasteiger partial charge in [-0.3, -0.25) is 19.9 Å². The molecule has 0 saturated heterocycles. The molecule has 0 saturated carbocycles. The summed E-state index contributed by atoms with van der Waals surface area (Å²) in [5, 5.41) is 0. The fourth-order valence-electron chi connectivity index (χ4n) is 3.52. The van der Waals surface area contributed by atoms with E-state index in [2.05, 4.69) is 29.7 Å². The Labute approximate surface area is 183 Å². The molecule has 0 bridgehead atoms. The van der Waals surface area contributed by atoms with E-state index >= 15 is 0 Å². The maximum Gasteiger partial charge on any atom is 0.0889 e. The Morgan fingerprint density at radius 2 is 1.19 bits per heavy atom. The number of pyridine rings is 4. The van der Waals surface area contributed by atoms with Gasteiger partial charge in [-0.15, -0.1) is 12.3 Å². The van der Waals surface area contributed by atoms with Crippen LogP contribution in [0, 0.1) is 32.1 Å². The first-order valence-corrected chi connectivity index (χ1v) is 10.3. The third-order valence-corrected chi connectivity index (χ3v) is 5.12. The number of aryl methyl sites for hydroxylation is 2. The smallest absolute Gasteiger partial charge is 0.0889 e. The lowest BCUT2D eigenvalue weighted by Crippen LogP contribution is -2.09. The van der Waals surface area contributed by atoms with Gasteiger partial charge in [0.1, 0.15) is 0 Å². The summed E-state index contributed by atoms with van der Waals surface area (Å²) in [6.07, 6.45) is 10.9. The first-order valence-electron chi connectivity index (χ1n) is 10.3. The largest absolute Gasteiger partial charge is 0.255 e. The van der Waals surface area contributed by atoms with Crippen molar-refractivity contribution in [1.82, 2.24) is 19.9 Å². The van der Waals surface area contributed by atoms with Gasteiger partial charge in [0.15, 0.2) is 0 Å². The second-order valence-electron chi connectivity index (χ2n) is 7.74. The van der Waals surface area contributed by atoms with Crippen LogP contribution in [0.3, 0.4) is 0 Å². The molecule has 4 heteroatoms. The van der Waals surface area contributed by atoms with Crippen LogP contribution in [0.2, 0.25) is 0 Å². The Morgan fingerprint density at radius 3 is 1.61 bits per heavy atom. The van der Waals surface area contributed by atoms with Crippen LogP contribution < -0.4 is 0 Å². The van der Waals surface area contributed by atoms with Crippen LogP contribution >= 0.6 is 0 Å². The average molecular weight is 405 g/mol. The molecule has 0 aliphatic heterocycles. The fraction of sp³-hybridized carbons (Fsp3) is 0.185. The van der Waals surface area contributed by atoms with E-state index in [0.29, 0.717) is 12.8 Å². The third-order valence-electron chi connectivity index (χ3n) is 5.12. The highest BCUT2D eigenvalue weighted by molar-refractivity contribution is 5.55. The van der Waals surface area contributed by atoms with Crippen molar-refractivity contribution in [3.8, 4) is 35.1 Å². The molecule has 31 heavy (non-hydrogen) atoms. The highest BCUT2D eigenvalue weighted by Crippen LogP contribution is 2.20. The van der Waals surface area contributed by atoms with Crippen molar-refractivity contribution >= 4 is 0 Å². The molecule has 0 radical (unpaired) electrons. The third kappa shape index (κ3) is 5.21. The van der Waals surface area contributed by atoms with Gasteiger partial charge in [-0.2, -0.15) is 0 Å². The zero-order valence-corrected chi connectivity index (χ0v) is 17.8. The molecule has 4 rings (SSSR count). The predicted molar refractivity (Wildman–Crippen MR) is 124 cm³/mol. The maximum atomic E-state index is 5.88. The number of hydrogen-bond acceptors (Lipinski definition) is 4. The second kappa shape index (κ2) is 9.32. The zero-order valence-electron chi connectivity index (χ0n) is 17.8. The number of hydrogen-bond donors (Lipinski definition) is 0. The summed E-state index contributed by atoms with van der Waals surface area (Å²) in [5.41, 5.74) is 7.71. The minimum Gasteiger partial charge on any atom is -0.255 e. The van der Waals surface area contributed by atoms with Gasteiger partial charge in [0.2, 0.25) is 0 Å². The summed E-state index contributed by atoms with van der Waals surface area (Å²) < 4.78 is 0. The summed E-state index contributed by atoms with van der Waals surface area (Å²) in [4.78, 5) is 18.5. The normalized spacial score (nSPS) is 10.8. The van der Waals surface area contributed by atoms with E-state index in [4.69, 9.17) is 16.4 Å². The van der Waals surface area contributed by atoms with Crippen molar-refractivity contribution in [2.75, 3.05) is 0 Å². The molecule has 0 amide bonds. The van der Waals surface area contributed by atoms with E-state index in [-0.39, 0.29) is 5.92 Å². The van der Waals surface area contributed by atoms with E-state index < -0.39 is 0 Å². The minimum atomic E-state index is 0.00133. The molecule has 4 aromatic rings. The van der Waals surface area contributed by atoms with Crippen LogP contribution in [0.4, 0.5) is 0 Å². The Bertz CT molecular complexity index is 1150. The lowest BCUT2D eigenvalue weighted by Gasteiger charge is -2.12. The number of nitrogens with zero attached hydrogens (tertiary/aromatic N) is 4. The van der Waals surface area contributed by atoms with Gasteiger partial charge >= 0.3 is 0 Å². The summed E-state index contributed by atoms with van der Waals surface area (Å²) in [6, 6.07) is 20.1. The highest BCUT2D eigenvalue weighted by atomic mass is 14.8. The van der Waals surface area contributed by atoms with Crippen molar-refractivity contribution in [3.63, 3.8) is 0 Å². The van der Waals surface area contributed by atoms with Gasteiger partial charge in [0, 0.05) is 42.5 Å². The maximum absolute atomic E-state index is 5.88. The fourth-order valence-corrected chi connectivity index (χ4v) is 3.52. The minimum absolute atomic E-state index is 0.00133. The topological polar surface area (TPSA) is 51.6 Å². The molecular formula is C27H24N4. The monoisotopic (exact) mass is 404 g/mol. The van der Waals surface area contributed by atoms with E-state index in [1.54, 1.807) is 0 Å². The standard InChI is InChI=1S/C27H24N4/c1-4-21(17-22-7-5-9-24(30-22)26-15-19(2)11-13-28-26)18-23-8-6-10-25(31-23)27-16-20(3)12-14-29-27/h1,5-16,21H,17-18H2,2-3H3. The number of terminal acetylenes is 1. The molecule has 4 aromatic heterocycles. The van der Waals surface area contributed by atoms with Gasteiger partial charge in [-0.05, 0) is 73.5 Å². The molecule has 0 N–H and O–H groups in total. The van der Waals surface area contributed by atoms with Crippen LogP contribution in [0.15, 0.2) is 73.1 Å². The van der Waals surface area contributed by atoms with E-state index in [1.165, 1.54) is 0 Å². The molecule has 0 unspecified atom stereocenters. The summed E-state index contributed by atoms with van der Waals surface area (Å²) in [7, 11) is 0. The van der Waals surface area contributed by atoms with Gasteiger partial charge in [0.05, 0.1) is 22.8 Å². The van der Waals surface area contributed by atoms with Crippen LogP contribution in [-0.4, -0.2) is 19.9 Å². The van der Waals surface area contributed by atoms with Crippen molar-refractivity contribution in [2.45, 2.75) is 26.7 Å². The van der Waals surface area contributed by atoms with E-state index in [9.17, 15) is 0 Å². The Balaban J connectivity index is 1.51. The lowest BCUT2D eigenvalue weighted by atomic mass is 9.97. The molecule has 0 aromatic carbocycles. The van der Waals surface area contributed by atoms with Crippen LogP contribution in [-0.2, 0) is 12.8 Å². The Kier molecular flexibility index (Phi) is 6.14. The quantitative estimate of drug-likeness (QED) is 0.412. The number of aromatic nitrogens is 4.